The topological polar surface area (TPSA) is 50.8 Å². The number of rotatable bonds is 3. The second-order valence-corrected chi connectivity index (χ2v) is 3.91. The Morgan fingerprint density at radius 3 is 2.94 bits per heavy atom. The summed E-state index contributed by atoms with van der Waals surface area (Å²) in [6.45, 7) is 2.61. The highest BCUT2D eigenvalue weighted by Crippen LogP contribution is 2.26. The Bertz CT molecular complexity index is 658. The molecule has 0 aromatic carbocycles. The van der Waals surface area contributed by atoms with Gasteiger partial charge < -0.3 is 9.72 Å². The first-order chi connectivity index (χ1) is 8.88. The van der Waals surface area contributed by atoms with Crippen molar-refractivity contribution in [2.75, 3.05) is 6.61 Å². The quantitative estimate of drug-likeness (QED) is 0.764. The van der Waals surface area contributed by atoms with Crippen molar-refractivity contribution < 1.29 is 4.74 Å². The van der Waals surface area contributed by atoms with Gasteiger partial charge in [0.15, 0.2) is 0 Å². The molecule has 0 amide bonds. The normalized spacial score (nSPS) is 10.7. The SMILES string of the molecule is CCOc1ccc(-c2c[nH]c3ncccc23)nc1. The van der Waals surface area contributed by atoms with E-state index in [1.165, 1.54) is 0 Å². The Balaban J connectivity index is 2.03. The van der Waals surface area contributed by atoms with E-state index in [1.807, 2.05) is 37.4 Å². The molecule has 0 aliphatic carbocycles. The van der Waals surface area contributed by atoms with Gasteiger partial charge in [-0.2, -0.15) is 0 Å². The van der Waals surface area contributed by atoms with E-state index in [0.29, 0.717) is 6.61 Å². The fourth-order valence-corrected chi connectivity index (χ4v) is 1.96. The first-order valence-corrected chi connectivity index (χ1v) is 5.90. The number of pyridine rings is 2. The van der Waals surface area contributed by atoms with Gasteiger partial charge in [0, 0.05) is 23.3 Å². The van der Waals surface area contributed by atoms with Crippen molar-refractivity contribution in [1.29, 1.82) is 0 Å². The van der Waals surface area contributed by atoms with Crippen LogP contribution in [0.3, 0.4) is 0 Å². The molecule has 1 N–H and O–H groups in total. The number of hydrogen-bond donors (Lipinski definition) is 1. The number of aromatic nitrogens is 3. The maximum atomic E-state index is 5.38. The molecule has 0 atom stereocenters. The molecule has 0 bridgehead atoms. The van der Waals surface area contributed by atoms with Crippen molar-refractivity contribution in [1.82, 2.24) is 15.0 Å². The van der Waals surface area contributed by atoms with Crippen LogP contribution < -0.4 is 4.74 Å². The van der Waals surface area contributed by atoms with Gasteiger partial charge in [-0.15, -0.1) is 0 Å². The van der Waals surface area contributed by atoms with Crippen LogP contribution >= 0.6 is 0 Å². The van der Waals surface area contributed by atoms with Crippen molar-refractivity contribution >= 4 is 11.0 Å². The van der Waals surface area contributed by atoms with Crippen molar-refractivity contribution in [2.24, 2.45) is 0 Å². The molecule has 0 radical (unpaired) electrons. The van der Waals surface area contributed by atoms with Crippen molar-refractivity contribution in [3.63, 3.8) is 0 Å². The molecule has 3 heterocycles. The van der Waals surface area contributed by atoms with Crippen LogP contribution in [-0.4, -0.2) is 21.6 Å². The predicted octanol–water partition coefficient (Wildman–Crippen LogP) is 3.02. The number of hydrogen-bond acceptors (Lipinski definition) is 3. The minimum absolute atomic E-state index is 0.651. The zero-order valence-electron chi connectivity index (χ0n) is 10.1. The summed E-state index contributed by atoms with van der Waals surface area (Å²) in [5.74, 6) is 0.791. The van der Waals surface area contributed by atoms with Gasteiger partial charge in [-0.25, -0.2) is 4.98 Å². The largest absolute Gasteiger partial charge is 0.492 e. The Morgan fingerprint density at radius 1 is 1.22 bits per heavy atom. The first-order valence-electron chi connectivity index (χ1n) is 5.90. The van der Waals surface area contributed by atoms with Gasteiger partial charge in [0.25, 0.3) is 0 Å². The lowest BCUT2D eigenvalue weighted by molar-refractivity contribution is 0.339. The van der Waals surface area contributed by atoms with Crippen LogP contribution in [0, 0.1) is 0 Å². The molecule has 4 nitrogen and oxygen atoms in total. The van der Waals surface area contributed by atoms with E-state index in [-0.39, 0.29) is 0 Å². The second kappa shape index (κ2) is 4.49. The minimum atomic E-state index is 0.651. The number of nitrogens with zero attached hydrogens (tertiary/aromatic N) is 2. The summed E-state index contributed by atoms with van der Waals surface area (Å²) in [7, 11) is 0. The Labute approximate surface area is 105 Å². The lowest BCUT2D eigenvalue weighted by atomic mass is 10.1. The molecule has 4 heteroatoms. The molecule has 0 spiro atoms. The van der Waals surface area contributed by atoms with Gasteiger partial charge >= 0.3 is 0 Å². The summed E-state index contributed by atoms with van der Waals surface area (Å²) in [4.78, 5) is 11.8. The van der Waals surface area contributed by atoms with Crippen molar-refractivity contribution in [3.8, 4) is 17.0 Å². The van der Waals surface area contributed by atoms with Gasteiger partial charge in [-0.3, -0.25) is 4.98 Å². The number of aromatic amines is 1. The molecule has 0 aliphatic rings. The molecule has 3 aromatic heterocycles. The third kappa shape index (κ3) is 1.82. The fourth-order valence-electron chi connectivity index (χ4n) is 1.96. The predicted molar refractivity (Wildman–Crippen MR) is 70.5 cm³/mol. The van der Waals surface area contributed by atoms with Gasteiger partial charge in [0.1, 0.15) is 11.4 Å². The molecule has 0 aliphatic heterocycles. The smallest absolute Gasteiger partial charge is 0.137 e. The van der Waals surface area contributed by atoms with E-state index in [4.69, 9.17) is 4.74 Å². The zero-order valence-corrected chi connectivity index (χ0v) is 10.1. The Hall–Kier alpha value is -2.36. The van der Waals surface area contributed by atoms with Gasteiger partial charge in [0.2, 0.25) is 0 Å². The third-order valence-electron chi connectivity index (χ3n) is 2.77. The summed E-state index contributed by atoms with van der Waals surface area (Å²) in [6.07, 6.45) is 5.45. The van der Waals surface area contributed by atoms with Crippen LogP contribution in [0.1, 0.15) is 6.92 Å². The van der Waals surface area contributed by atoms with Crippen LogP contribution in [0.5, 0.6) is 5.75 Å². The zero-order chi connectivity index (χ0) is 12.4. The molecule has 3 rings (SSSR count). The number of ether oxygens (including phenoxy) is 1. The highest BCUT2D eigenvalue weighted by molar-refractivity contribution is 5.92. The number of nitrogens with one attached hydrogen (secondary N) is 1. The molecular weight excluding hydrogens is 226 g/mol. The van der Waals surface area contributed by atoms with Crippen LogP contribution in [0.4, 0.5) is 0 Å². The molecule has 0 unspecified atom stereocenters. The number of H-pyrrole nitrogens is 1. The van der Waals surface area contributed by atoms with E-state index in [1.54, 1.807) is 12.4 Å². The average molecular weight is 239 g/mol. The monoisotopic (exact) mass is 239 g/mol. The van der Waals surface area contributed by atoms with Gasteiger partial charge in [0.05, 0.1) is 18.5 Å². The van der Waals surface area contributed by atoms with E-state index in [2.05, 4.69) is 15.0 Å². The highest BCUT2D eigenvalue weighted by Gasteiger charge is 2.07. The Morgan fingerprint density at radius 2 is 2.17 bits per heavy atom. The van der Waals surface area contributed by atoms with E-state index in [0.717, 1.165) is 28.0 Å². The standard InChI is InChI=1S/C14H13N3O/c1-2-18-10-5-6-13(16-8-10)12-9-17-14-11(12)4-3-7-15-14/h3-9H,2H2,1H3,(H,15,17). The first kappa shape index (κ1) is 10.8. The summed E-state index contributed by atoms with van der Waals surface area (Å²) >= 11 is 0. The van der Waals surface area contributed by atoms with E-state index < -0.39 is 0 Å². The fraction of sp³-hybridized carbons (Fsp3) is 0.143. The molecule has 3 aromatic rings. The van der Waals surface area contributed by atoms with E-state index in [9.17, 15) is 0 Å². The maximum absolute atomic E-state index is 5.38. The lowest BCUT2D eigenvalue weighted by Gasteiger charge is -2.03. The molecule has 0 saturated heterocycles. The molecule has 0 fully saturated rings. The molecular formula is C14H13N3O. The third-order valence-corrected chi connectivity index (χ3v) is 2.77. The second-order valence-electron chi connectivity index (χ2n) is 3.91. The molecule has 0 saturated carbocycles. The van der Waals surface area contributed by atoms with Crippen molar-refractivity contribution in [2.45, 2.75) is 6.92 Å². The molecule has 90 valence electrons. The summed E-state index contributed by atoms with van der Waals surface area (Å²) < 4.78 is 5.38. The summed E-state index contributed by atoms with van der Waals surface area (Å²) in [5, 5.41) is 1.08. The van der Waals surface area contributed by atoms with Crippen LogP contribution in [-0.2, 0) is 0 Å². The van der Waals surface area contributed by atoms with Crippen LogP contribution in [0.15, 0.2) is 42.9 Å². The van der Waals surface area contributed by atoms with Crippen LogP contribution in [0.25, 0.3) is 22.3 Å². The molecule has 18 heavy (non-hydrogen) atoms. The number of fused-ring (bicyclic) bond motifs is 1. The maximum Gasteiger partial charge on any atom is 0.137 e. The van der Waals surface area contributed by atoms with Crippen molar-refractivity contribution in [3.05, 3.63) is 42.9 Å². The minimum Gasteiger partial charge on any atom is -0.492 e. The van der Waals surface area contributed by atoms with Crippen LogP contribution in [0.2, 0.25) is 0 Å². The average Bonchev–Trinajstić information content (AvgIpc) is 2.84. The summed E-state index contributed by atoms with van der Waals surface area (Å²) in [6, 6.07) is 7.85. The Kier molecular flexibility index (Phi) is 2.68. The lowest BCUT2D eigenvalue weighted by Crippen LogP contribution is -1.92. The van der Waals surface area contributed by atoms with Gasteiger partial charge in [-0.1, -0.05) is 0 Å². The van der Waals surface area contributed by atoms with Gasteiger partial charge in [-0.05, 0) is 31.2 Å². The highest BCUT2D eigenvalue weighted by atomic mass is 16.5. The summed E-state index contributed by atoms with van der Waals surface area (Å²) in [5.41, 5.74) is 2.85. The van der Waals surface area contributed by atoms with E-state index >= 15 is 0 Å².